The molecule has 0 unspecified atom stereocenters. The molecule has 1 atom stereocenters. The fourth-order valence-corrected chi connectivity index (χ4v) is 4.56. The molecule has 0 spiro atoms. The summed E-state index contributed by atoms with van der Waals surface area (Å²) in [7, 11) is 1.67. The highest BCUT2D eigenvalue weighted by molar-refractivity contribution is 5.40. The molecule has 31 heavy (non-hydrogen) atoms. The van der Waals surface area contributed by atoms with Gasteiger partial charge in [-0.05, 0) is 55.0 Å². The summed E-state index contributed by atoms with van der Waals surface area (Å²) in [6.07, 6.45) is 2.85. The van der Waals surface area contributed by atoms with Crippen molar-refractivity contribution in [3.8, 4) is 11.5 Å². The van der Waals surface area contributed by atoms with Gasteiger partial charge in [0.25, 0.3) is 0 Å². The van der Waals surface area contributed by atoms with Gasteiger partial charge in [0.05, 0.1) is 13.2 Å². The van der Waals surface area contributed by atoms with E-state index in [1.54, 1.807) is 7.11 Å². The molecular weight excluding hydrogens is 392 g/mol. The normalized spacial score (nSPS) is 18.7. The lowest BCUT2D eigenvalue weighted by Crippen LogP contribution is -2.41. The minimum absolute atomic E-state index is 0.202. The molecule has 6 nitrogen and oxygen atoms in total. The third-order valence-electron chi connectivity index (χ3n) is 6.36. The molecule has 2 aromatic rings. The summed E-state index contributed by atoms with van der Waals surface area (Å²) in [5.41, 5.74) is 3.88. The first-order valence-electron chi connectivity index (χ1n) is 11.3. The Labute approximate surface area is 184 Å². The Morgan fingerprint density at radius 1 is 1.10 bits per heavy atom. The quantitative estimate of drug-likeness (QED) is 0.571. The van der Waals surface area contributed by atoms with Crippen molar-refractivity contribution in [1.82, 2.24) is 10.2 Å². The van der Waals surface area contributed by atoms with Gasteiger partial charge in [0, 0.05) is 37.8 Å². The number of rotatable bonds is 9. The van der Waals surface area contributed by atoms with Crippen molar-refractivity contribution >= 4 is 0 Å². The zero-order chi connectivity index (χ0) is 21.6. The second-order valence-corrected chi connectivity index (χ2v) is 8.73. The molecule has 0 bridgehead atoms. The Hall–Kier alpha value is -2.12. The van der Waals surface area contributed by atoms with E-state index >= 15 is 0 Å². The lowest BCUT2D eigenvalue weighted by Gasteiger charge is -2.31. The second-order valence-electron chi connectivity index (χ2n) is 8.73. The van der Waals surface area contributed by atoms with Crippen LogP contribution >= 0.6 is 0 Å². The number of methoxy groups -OCH3 is 1. The number of benzene rings is 2. The van der Waals surface area contributed by atoms with Crippen molar-refractivity contribution < 1.29 is 19.7 Å². The Balaban J connectivity index is 1.31. The molecule has 1 aliphatic heterocycles. The highest BCUT2D eigenvalue weighted by Crippen LogP contribution is 2.26. The molecule has 0 saturated carbocycles. The number of likely N-dealkylation sites (tertiary alicyclic amines) is 1. The predicted molar refractivity (Wildman–Crippen MR) is 121 cm³/mol. The average Bonchev–Trinajstić information content (AvgIpc) is 3.21. The van der Waals surface area contributed by atoms with Crippen molar-refractivity contribution in [3.05, 3.63) is 59.2 Å². The Morgan fingerprint density at radius 2 is 1.81 bits per heavy atom. The Kier molecular flexibility index (Phi) is 7.45. The smallest absolute Gasteiger partial charge is 0.124 e. The van der Waals surface area contributed by atoms with E-state index in [0.717, 1.165) is 55.8 Å². The molecule has 4 rings (SSSR count). The van der Waals surface area contributed by atoms with Crippen molar-refractivity contribution in [2.24, 2.45) is 0 Å². The van der Waals surface area contributed by atoms with Gasteiger partial charge in [-0.2, -0.15) is 0 Å². The third kappa shape index (κ3) is 5.98. The second kappa shape index (κ2) is 10.5. The van der Waals surface area contributed by atoms with E-state index in [4.69, 9.17) is 9.47 Å². The minimum atomic E-state index is -0.567. The third-order valence-corrected chi connectivity index (χ3v) is 6.36. The average molecular weight is 427 g/mol. The van der Waals surface area contributed by atoms with Gasteiger partial charge in [0.1, 0.15) is 24.2 Å². The maximum absolute atomic E-state index is 10.5. The SMILES string of the molecule is COc1ccc(OC[C@@H](O)CN2CCC(O)CC2)c(CNC2Cc3ccccc3C2)c1. The molecule has 1 saturated heterocycles. The number of aliphatic hydroxyl groups excluding tert-OH is 2. The lowest BCUT2D eigenvalue weighted by atomic mass is 10.1. The van der Waals surface area contributed by atoms with Gasteiger partial charge in [-0.3, -0.25) is 0 Å². The molecule has 1 fully saturated rings. The molecule has 168 valence electrons. The summed E-state index contributed by atoms with van der Waals surface area (Å²) in [6, 6.07) is 14.9. The Bertz CT molecular complexity index is 826. The summed E-state index contributed by atoms with van der Waals surface area (Å²) in [5.74, 6) is 1.57. The number of piperidine rings is 1. The van der Waals surface area contributed by atoms with Crippen molar-refractivity contribution in [2.45, 2.75) is 50.5 Å². The van der Waals surface area contributed by atoms with Crippen LogP contribution in [0.4, 0.5) is 0 Å². The van der Waals surface area contributed by atoms with E-state index in [9.17, 15) is 10.2 Å². The molecule has 1 aliphatic carbocycles. The summed E-state index contributed by atoms with van der Waals surface area (Å²) in [4.78, 5) is 2.19. The summed E-state index contributed by atoms with van der Waals surface area (Å²) < 4.78 is 11.4. The number of fused-ring (bicyclic) bond motifs is 1. The first-order chi connectivity index (χ1) is 15.1. The van der Waals surface area contributed by atoms with Crippen LogP contribution in [-0.4, -0.2) is 66.7 Å². The van der Waals surface area contributed by atoms with E-state index in [1.807, 2.05) is 18.2 Å². The van der Waals surface area contributed by atoms with Crippen LogP contribution in [0, 0.1) is 0 Å². The van der Waals surface area contributed by atoms with E-state index < -0.39 is 6.10 Å². The van der Waals surface area contributed by atoms with Gasteiger partial charge in [0.2, 0.25) is 0 Å². The van der Waals surface area contributed by atoms with Crippen LogP contribution in [0.3, 0.4) is 0 Å². The fraction of sp³-hybridized carbons (Fsp3) is 0.520. The summed E-state index contributed by atoms with van der Waals surface area (Å²) in [6.45, 7) is 3.13. The molecule has 2 aromatic carbocycles. The summed E-state index contributed by atoms with van der Waals surface area (Å²) in [5, 5.41) is 23.8. The zero-order valence-corrected chi connectivity index (χ0v) is 18.3. The van der Waals surface area contributed by atoms with Crippen LogP contribution < -0.4 is 14.8 Å². The van der Waals surface area contributed by atoms with Gasteiger partial charge in [-0.15, -0.1) is 0 Å². The van der Waals surface area contributed by atoms with Crippen molar-refractivity contribution in [1.29, 1.82) is 0 Å². The van der Waals surface area contributed by atoms with Crippen molar-refractivity contribution in [2.75, 3.05) is 33.4 Å². The number of β-amino-alcohol motifs (C(OH)–C–C–N with tert-alkyl or cyclic N) is 1. The molecule has 0 radical (unpaired) electrons. The van der Waals surface area contributed by atoms with Gasteiger partial charge < -0.3 is 29.9 Å². The predicted octanol–water partition coefficient (Wildman–Crippen LogP) is 2.15. The lowest BCUT2D eigenvalue weighted by molar-refractivity contribution is 0.0336. The number of aliphatic hydroxyl groups is 2. The maximum Gasteiger partial charge on any atom is 0.124 e. The van der Waals surface area contributed by atoms with Crippen LogP contribution in [0.15, 0.2) is 42.5 Å². The first-order valence-corrected chi connectivity index (χ1v) is 11.3. The van der Waals surface area contributed by atoms with Crippen LogP contribution in [0.25, 0.3) is 0 Å². The fourth-order valence-electron chi connectivity index (χ4n) is 4.56. The van der Waals surface area contributed by atoms with Crippen molar-refractivity contribution in [3.63, 3.8) is 0 Å². The number of hydrogen-bond acceptors (Lipinski definition) is 6. The van der Waals surface area contributed by atoms with Gasteiger partial charge >= 0.3 is 0 Å². The standard InChI is InChI=1S/C25H34N2O4/c1-30-24-6-7-25(31-17-23(29)16-27-10-8-22(28)9-11-27)20(14-24)15-26-21-12-18-4-2-3-5-19(18)13-21/h2-7,14,21-23,26,28-29H,8-13,15-17H2,1H3/t23-/m0/s1. The first kappa shape index (κ1) is 22.1. The highest BCUT2D eigenvalue weighted by atomic mass is 16.5. The van der Waals surface area contributed by atoms with Crippen LogP contribution in [-0.2, 0) is 19.4 Å². The van der Waals surface area contributed by atoms with Crippen LogP contribution in [0.1, 0.15) is 29.5 Å². The molecule has 1 heterocycles. The largest absolute Gasteiger partial charge is 0.497 e. The van der Waals surface area contributed by atoms with Gasteiger partial charge in [-0.1, -0.05) is 24.3 Å². The number of ether oxygens (including phenoxy) is 2. The van der Waals surface area contributed by atoms with Gasteiger partial charge in [0.15, 0.2) is 0 Å². The summed E-state index contributed by atoms with van der Waals surface area (Å²) >= 11 is 0. The van der Waals surface area contributed by atoms with Gasteiger partial charge in [-0.25, -0.2) is 0 Å². The van der Waals surface area contributed by atoms with Crippen LogP contribution in [0.5, 0.6) is 11.5 Å². The maximum atomic E-state index is 10.5. The molecule has 2 aliphatic rings. The molecule has 6 heteroatoms. The Morgan fingerprint density at radius 3 is 2.48 bits per heavy atom. The van der Waals surface area contributed by atoms with Crippen LogP contribution in [0.2, 0.25) is 0 Å². The van der Waals surface area contributed by atoms with E-state index in [1.165, 1.54) is 11.1 Å². The number of hydrogen-bond donors (Lipinski definition) is 3. The molecular formula is C25H34N2O4. The molecule has 0 aromatic heterocycles. The zero-order valence-electron chi connectivity index (χ0n) is 18.3. The monoisotopic (exact) mass is 426 g/mol. The molecule has 0 amide bonds. The molecule has 3 N–H and O–H groups in total. The number of nitrogens with zero attached hydrogens (tertiary/aromatic N) is 1. The topological polar surface area (TPSA) is 74.2 Å². The number of nitrogens with one attached hydrogen (secondary N) is 1. The van der Waals surface area contributed by atoms with E-state index in [0.29, 0.717) is 19.1 Å². The van der Waals surface area contributed by atoms with E-state index in [-0.39, 0.29) is 12.7 Å². The minimum Gasteiger partial charge on any atom is -0.497 e. The highest BCUT2D eigenvalue weighted by Gasteiger charge is 2.22. The van der Waals surface area contributed by atoms with E-state index in [2.05, 4.69) is 34.5 Å².